The molecule has 0 unspecified atom stereocenters. The number of nitrogens with one attached hydrogen (secondary N) is 3. The molecule has 1 amide bonds. The van der Waals surface area contributed by atoms with Crippen LogP contribution in [0.25, 0.3) is 10.9 Å². The van der Waals surface area contributed by atoms with Crippen LogP contribution in [0.5, 0.6) is 0 Å². The van der Waals surface area contributed by atoms with Crippen molar-refractivity contribution in [2.45, 2.75) is 6.54 Å². The Balaban J connectivity index is 1.75. The average molecular weight is 242 g/mol. The molecule has 0 aliphatic rings. The predicted molar refractivity (Wildman–Crippen MR) is 63.6 cm³/mol. The van der Waals surface area contributed by atoms with E-state index in [1.807, 2.05) is 24.4 Å². The van der Waals surface area contributed by atoms with E-state index >= 15 is 0 Å². The first-order valence-electron chi connectivity index (χ1n) is 5.40. The molecule has 0 aliphatic heterocycles. The van der Waals surface area contributed by atoms with E-state index in [1.165, 1.54) is 0 Å². The summed E-state index contributed by atoms with van der Waals surface area (Å²) in [4.78, 5) is 15.0. The molecule has 0 saturated carbocycles. The molecule has 90 valence electrons. The lowest BCUT2D eigenvalue weighted by Gasteiger charge is -2.02. The normalized spacial score (nSPS) is 10.7. The summed E-state index contributed by atoms with van der Waals surface area (Å²) >= 11 is 0. The van der Waals surface area contributed by atoms with Crippen LogP contribution in [0.15, 0.2) is 30.5 Å². The number of aromatic amines is 2. The largest absolute Gasteiger partial charge is 0.361 e. The molecule has 3 rings (SSSR count). The number of nitrogens with zero attached hydrogens (tertiary/aromatic N) is 3. The minimum atomic E-state index is -0.164. The lowest BCUT2D eigenvalue weighted by Crippen LogP contribution is -2.23. The highest BCUT2D eigenvalue weighted by Crippen LogP contribution is 2.14. The number of rotatable bonds is 3. The highest BCUT2D eigenvalue weighted by atomic mass is 16.1. The van der Waals surface area contributed by atoms with Crippen molar-refractivity contribution in [2.75, 3.05) is 0 Å². The maximum absolute atomic E-state index is 11.9. The summed E-state index contributed by atoms with van der Waals surface area (Å²) in [6.45, 7) is 0.251. The number of H-pyrrole nitrogens is 2. The van der Waals surface area contributed by atoms with Crippen molar-refractivity contribution in [3.63, 3.8) is 0 Å². The van der Waals surface area contributed by atoms with Crippen LogP contribution in [-0.4, -0.2) is 31.5 Å². The number of aromatic nitrogens is 5. The van der Waals surface area contributed by atoms with Crippen LogP contribution >= 0.6 is 0 Å². The summed E-state index contributed by atoms with van der Waals surface area (Å²) in [7, 11) is 0. The molecular weight excluding hydrogens is 232 g/mol. The van der Waals surface area contributed by atoms with Crippen molar-refractivity contribution in [3.05, 3.63) is 41.9 Å². The number of benzene rings is 1. The second-order valence-corrected chi connectivity index (χ2v) is 3.79. The Labute approximate surface area is 102 Å². The van der Waals surface area contributed by atoms with Crippen LogP contribution in [0.4, 0.5) is 0 Å². The SMILES string of the molecule is O=C(NCc1nn[nH]n1)c1ccc2[nH]ccc2c1. The number of fused-ring (bicyclic) bond motifs is 1. The lowest BCUT2D eigenvalue weighted by molar-refractivity contribution is 0.0950. The molecular formula is C11H10N6O. The molecule has 1 aromatic carbocycles. The topological polar surface area (TPSA) is 99.3 Å². The summed E-state index contributed by atoms with van der Waals surface area (Å²) in [5, 5.41) is 17.0. The van der Waals surface area contributed by atoms with Gasteiger partial charge in [-0.15, -0.1) is 10.2 Å². The first kappa shape index (κ1) is 10.5. The van der Waals surface area contributed by atoms with Gasteiger partial charge in [0.15, 0.2) is 5.82 Å². The molecule has 0 radical (unpaired) electrons. The zero-order chi connectivity index (χ0) is 12.4. The summed E-state index contributed by atoms with van der Waals surface area (Å²) < 4.78 is 0. The first-order chi connectivity index (χ1) is 8.83. The molecule has 0 aliphatic carbocycles. The van der Waals surface area contributed by atoms with Crippen molar-refractivity contribution >= 4 is 16.8 Å². The molecule has 0 saturated heterocycles. The molecule has 3 N–H and O–H groups in total. The van der Waals surface area contributed by atoms with Gasteiger partial charge in [0.1, 0.15) is 0 Å². The van der Waals surface area contributed by atoms with E-state index in [9.17, 15) is 4.79 Å². The Kier molecular flexibility index (Phi) is 2.49. The molecule has 7 nitrogen and oxygen atoms in total. The number of amides is 1. The van der Waals surface area contributed by atoms with Gasteiger partial charge in [0.05, 0.1) is 6.54 Å². The van der Waals surface area contributed by atoms with Crippen LogP contribution in [0.3, 0.4) is 0 Å². The van der Waals surface area contributed by atoms with Gasteiger partial charge >= 0.3 is 0 Å². The van der Waals surface area contributed by atoms with Crippen molar-refractivity contribution in [2.24, 2.45) is 0 Å². The van der Waals surface area contributed by atoms with E-state index < -0.39 is 0 Å². The van der Waals surface area contributed by atoms with Gasteiger partial charge in [0, 0.05) is 22.7 Å². The number of hydrogen-bond acceptors (Lipinski definition) is 4. The minimum Gasteiger partial charge on any atom is -0.361 e. The quantitative estimate of drug-likeness (QED) is 0.626. The van der Waals surface area contributed by atoms with Gasteiger partial charge in [-0.25, -0.2) is 0 Å². The van der Waals surface area contributed by atoms with E-state index in [0.29, 0.717) is 11.4 Å². The number of carbonyl (C=O) groups is 1. The van der Waals surface area contributed by atoms with E-state index in [4.69, 9.17) is 0 Å². The van der Waals surface area contributed by atoms with Gasteiger partial charge in [-0.2, -0.15) is 5.21 Å². The minimum absolute atomic E-state index is 0.164. The molecule has 0 bridgehead atoms. The molecule has 2 heterocycles. The van der Waals surface area contributed by atoms with Gasteiger partial charge in [-0.05, 0) is 24.3 Å². The average Bonchev–Trinajstić information content (AvgIpc) is 3.05. The van der Waals surface area contributed by atoms with Crippen LogP contribution in [0, 0.1) is 0 Å². The van der Waals surface area contributed by atoms with Gasteiger partial charge < -0.3 is 10.3 Å². The predicted octanol–water partition coefficient (Wildman–Crippen LogP) is 0.611. The molecule has 0 atom stereocenters. The third-order valence-electron chi connectivity index (χ3n) is 2.61. The van der Waals surface area contributed by atoms with Crippen molar-refractivity contribution in [1.82, 2.24) is 30.9 Å². The smallest absolute Gasteiger partial charge is 0.251 e. The monoisotopic (exact) mass is 242 g/mol. The Bertz CT molecular complexity index is 672. The summed E-state index contributed by atoms with van der Waals surface area (Å²) in [5.74, 6) is 0.286. The molecule has 7 heteroatoms. The van der Waals surface area contributed by atoms with E-state index in [1.54, 1.807) is 6.07 Å². The van der Waals surface area contributed by atoms with E-state index in [-0.39, 0.29) is 12.5 Å². The Morgan fingerprint density at radius 3 is 3.11 bits per heavy atom. The fourth-order valence-electron chi connectivity index (χ4n) is 1.71. The van der Waals surface area contributed by atoms with Gasteiger partial charge in [0.2, 0.25) is 0 Å². The number of hydrogen-bond donors (Lipinski definition) is 3. The lowest BCUT2D eigenvalue weighted by atomic mass is 10.1. The molecule has 3 aromatic rings. The summed E-state index contributed by atoms with van der Waals surface area (Å²) in [6, 6.07) is 7.39. The molecule has 18 heavy (non-hydrogen) atoms. The van der Waals surface area contributed by atoms with E-state index in [0.717, 1.165) is 10.9 Å². The fourth-order valence-corrected chi connectivity index (χ4v) is 1.71. The van der Waals surface area contributed by atoms with Gasteiger partial charge in [-0.3, -0.25) is 4.79 Å². The maximum Gasteiger partial charge on any atom is 0.251 e. The zero-order valence-electron chi connectivity index (χ0n) is 9.34. The van der Waals surface area contributed by atoms with E-state index in [2.05, 4.69) is 30.9 Å². The first-order valence-corrected chi connectivity index (χ1v) is 5.40. The maximum atomic E-state index is 11.9. The van der Waals surface area contributed by atoms with Crippen LogP contribution in [0.2, 0.25) is 0 Å². The van der Waals surface area contributed by atoms with Crippen molar-refractivity contribution < 1.29 is 4.79 Å². The second-order valence-electron chi connectivity index (χ2n) is 3.79. The number of tetrazole rings is 1. The Morgan fingerprint density at radius 2 is 2.28 bits per heavy atom. The Hall–Kier alpha value is -2.70. The van der Waals surface area contributed by atoms with Gasteiger partial charge in [0.25, 0.3) is 5.91 Å². The van der Waals surface area contributed by atoms with Gasteiger partial charge in [-0.1, -0.05) is 5.21 Å². The van der Waals surface area contributed by atoms with Crippen LogP contribution < -0.4 is 5.32 Å². The molecule has 0 fully saturated rings. The molecule has 2 aromatic heterocycles. The highest BCUT2D eigenvalue weighted by Gasteiger charge is 2.07. The third kappa shape index (κ3) is 1.93. The summed E-state index contributed by atoms with van der Waals surface area (Å²) in [5.41, 5.74) is 1.61. The van der Waals surface area contributed by atoms with Crippen molar-refractivity contribution in [3.8, 4) is 0 Å². The molecule has 0 spiro atoms. The second kappa shape index (κ2) is 4.28. The standard InChI is InChI=1S/C11H10N6O/c18-11(13-6-10-14-16-17-15-10)8-1-2-9-7(5-8)3-4-12-9/h1-5,12H,6H2,(H,13,18)(H,14,15,16,17). The number of carbonyl (C=O) groups excluding carboxylic acids is 1. The fraction of sp³-hybridized carbons (Fsp3) is 0.0909. The summed E-state index contributed by atoms with van der Waals surface area (Å²) in [6.07, 6.45) is 1.84. The van der Waals surface area contributed by atoms with Crippen molar-refractivity contribution in [1.29, 1.82) is 0 Å². The Morgan fingerprint density at radius 1 is 1.33 bits per heavy atom. The van der Waals surface area contributed by atoms with Crippen LogP contribution in [0.1, 0.15) is 16.2 Å². The van der Waals surface area contributed by atoms with Crippen LogP contribution in [-0.2, 0) is 6.54 Å². The highest BCUT2D eigenvalue weighted by molar-refractivity contribution is 5.97. The zero-order valence-corrected chi connectivity index (χ0v) is 9.34. The third-order valence-corrected chi connectivity index (χ3v) is 2.61.